The van der Waals surface area contributed by atoms with E-state index in [0.29, 0.717) is 32.0 Å². The highest BCUT2D eigenvalue weighted by molar-refractivity contribution is 7.93. The van der Waals surface area contributed by atoms with Crippen molar-refractivity contribution in [3.8, 4) is 0 Å². The zero-order valence-electron chi connectivity index (χ0n) is 12.4. The molecule has 1 spiro atoms. The van der Waals surface area contributed by atoms with Gasteiger partial charge in [-0.15, -0.1) is 0 Å². The van der Waals surface area contributed by atoms with Gasteiger partial charge in [-0.2, -0.15) is 0 Å². The summed E-state index contributed by atoms with van der Waals surface area (Å²) in [4.78, 5) is 13.4. The van der Waals surface area contributed by atoms with Crippen LogP contribution in [-0.2, 0) is 24.1 Å². The van der Waals surface area contributed by atoms with Crippen LogP contribution in [0.3, 0.4) is 0 Å². The third-order valence-electron chi connectivity index (χ3n) is 5.01. The van der Waals surface area contributed by atoms with Crippen molar-refractivity contribution in [3.63, 3.8) is 0 Å². The van der Waals surface area contributed by atoms with E-state index in [4.69, 9.17) is 9.47 Å². The second kappa shape index (κ2) is 5.52. The Hall–Kier alpha value is -0.660. The molecule has 1 aliphatic carbocycles. The van der Waals surface area contributed by atoms with E-state index < -0.39 is 14.6 Å². The predicted molar refractivity (Wildman–Crippen MR) is 76.6 cm³/mol. The average Bonchev–Trinajstić information content (AvgIpc) is 3.13. The van der Waals surface area contributed by atoms with Crippen molar-refractivity contribution < 1.29 is 22.7 Å². The number of hydrogen-bond acceptors (Lipinski definition) is 5. The second-order valence-electron chi connectivity index (χ2n) is 6.53. The molecule has 2 aliphatic heterocycles. The van der Waals surface area contributed by atoms with E-state index in [1.54, 1.807) is 4.90 Å². The number of ether oxygens (including phenoxy) is 2. The molecular formula is C14H23NO5S. The first kappa shape index (κ1) is 15.2. The molecule has 120 valence electrons. The molecule has 1 atom stereocenters. The molecule has 0 aromatic heterocycles. The lowest BCUT2D eigenvalue weighted by Gasteiger charge is -2.49. The summed E-state index contributed by atoms with van der Waals surface area (Å²) in [7, 11) is -1.66. The molecule has 1 amide bonds. The van der Waals surface area contributed by atoms with Crippen LogP contribution in [0.2, 0.25) is 0 Å². The Bertz CT molecular complexity index is 507. The zero-order chi connectivity index (χ0) is 15.1. The van der Waals surface area contributed by atoms with Crippen LogP contribution in [0.4, 0.5) is 0 Å². The highest BCUT2D eigenvalue weighted by Crippen LogP contribution is 2.45. The summed E-state index contributed by atoms with van der Waals surface area (Å²) in [6.07, 6.45) is 3.11. The van der Waals surface area contributed by atoms with Crippen LogP contribution in [0.5, 0.6) is 0 Å². The van der Waals surface area contributed by atoms with E-state index in [-0.39, 0.29) is 24.2 Å². The molecule has 0 bridgehead atoms. The molecule has 3 fully saturated rings. The summed E-state index contributed by atoms with van der Waals surface area (Å²) in [5.74, 6) is 0.785. The van der Waals surface area contributed by atoms with E-state index in [0.717, 1.165) is 6.61 Å². The van der Waals surface area contributed by atoms with Gasteiger partial charge >= 0.3 is 0 Å². The van der Waals surface area contributed by atoms with Crippen LogP contribution in [-0.4, -0.2) is 69.7 Å². The van der Waals surface area contributed by atoms with Crippen LogP contribution in [0.1, 0.15) is 19.3 Å². The maximum Gasteiger partial charge on any atom is 0.248 e. The van der Waals surface area contributed by atoms with Gasteiger partial charge in [0.1, 0.15) is 11.4 Å². The Labute approximate surface area is 125 Å². The van der Waals surface area contributed by atoms with Gasteiger partial charge < -0.3 is 14.4 Å². The average molecular weight is 317 g/mol. The quantitative estimate of drug-likeness (QED) is 0.693. The number of rotatable bonds is 6. The summed E-state index contributed by atoms with van der Waals surface area (Å²) in [5, 5.41) is 0. The zero-order valence-corrected chi connectivity index (χ0v) is 13.2. The monoisotopic (exact) mass is 317 g/mol. The molecular weight excluding hydrogens is 294 g/mol. The molecule has 21 heavy (non-hydrogen) atoms. The standard InChI is InChI=1S/C14H23NO5S/c1-19-8-13(16)15-9-14(10-15)12(4-5-21(14,17)18)7-20-6-11-2-3-11/h11-12H,2-10H2,1H3/t12-/m1/s1. The number of nitrogens with zero attached hydrogens (tertiary/aromatic N) is 1. The molecule has 7 heteroatoms. The van der Waals surface area contributed by atoms with E-state index in [1.165, 1.54) is 20.0 Å². The van der Waals surface area contributed by atoms with Crippen molar-refractivity contribution in [1.82, 2.24) is 4.90 Å². The first-order chi connectivity index (χ1) is 9.98. The van der Waals surface area contributed by atoms with Crippen molar-refractivity contribution in [2.75, 3.05) is 45.8 Å². The number of carbonyl (C=O) groups excluding carboxylic acids is 1. The predicted octanol–water partition coefficient (Wildman–Crippen LogP) is 0.0751. The Kier molecular flexibility index (Phi) is 4.00. The fraction of sp³-hybridized carbons (Fsp3) is 0.929. The van der Waals surface area contributed by atoms with Gasteiger partial charge in [0.25, 0.3) is 0 Å². The molecule has 1 saturated carbocycles. The van der Waals surface area contributed by atoms with Crippen LogP contribution < -0.4 is 0 Å². The fourth-order valence-corrected chi connectivity index (χ4v) is 5.76. The van der Waals surface area contributed by atoms with Crippen molar-refractivity contribution in [3.05, 3.63) is 0 Å². The third-order valence-corrected chi connectivity index (χ3v) is 7.61. The molecule has 0 radical (unpaired) electrons. The van der Waals surface area contributed by atoms with E-state index in [9.17, 15) is 13.2 Å². The summed E-state index contributed by atoms with van der Waals surface area (Å²) in [6, 6.07) is 0. The van der Waals surface area contributed by atoms with Gasteiger partial charge in [0, 0.05) is 32.7 Å². The molecule has 0 aromatic carbocycles. The summed E-state index contributed by atoms with van der Waals surface area (Å²) >= 11 is 0. The van der Waals surface area contributed by atoms with E-state index in [2.05, 4.69) is 0 Å². The number of likely N-dealkylation sites (tertiary alicyclic amines) is 1. The van der Waals surface area contributed by atoms with Crippen molar-refractivity contribution >= 4 is 15.7 Å². The molecule has 3 aliphatic rings. The van der Waals surface area contributed by atoms with Crippen molar-refractivity contribution in [2.45, 2.75) is 24.0 Å². The molecule has 0 unspecified atom stereocenters. The second-order valence-corrected chi connectivity index (χ2v) is 8.98. The van der Waals surface area contributed by atoms with E-state index >= 15 is 0 Å². The van der Waals surface area contributed by atoms with Gasteiger partial charge in [0.15, 0.2) is 9.84 Å². The van der Waals surface area contributed by atoms with E-state index in [1.807, 2.05) is 0 Å². The Balaban J connectivity index is 1.61. The molecule has 2 heterocycles. The highest BCUT2D eigenvalue weighted by Gasteiger charge is 2.62. The Morgan fingerprint density at radius 2 is 1.95 bits per heavy atom. The van der Waals surface area contributed by atoms with Crippen LogP contribution in [0, 0.1) is 11.8 Å². The molecule has 0 aromatic rings. The van der Waals surface area contributed by atoms with Crippen molar-refractivity contribution in [2.24, 2.45) is 11.8 Å². The summed E-state index contributed by atoms with van der Waals surface area (Å²) < 4.78 is 34.5. The number of methoxy groups -OCH3 is 1. The maximum atomic E-state index is 12.4. The number of amides is 1. The maximum absolute atomic E-state index is 12.4. The number of sulfone groups is 1. The lowest BCUT2D eigenvalue weighted by Crippen LogP contribution is -2.69. The fourth-order valence-electron chi connectivity index (χ4n) is 3.36. The van der Waals surface area contributed by atoms with Crippen molar-refractivity contribution in [1.29, 1.82) is 0 Å². The first-order valence-corrected chi connectivity index (χ1v) is 9.20. The molecule has 2 saturated heterocycles. The topological polar surface area (TPSA) is 72.9 Å². The number of carbonyl (C=O) groups is 1. The normalized spacial score (nSPS) is 29.6. The largest absolute Gasteiger partial charge is 0.381 e. The lowest BCUT2D eigenvalue weighted by molar-refractivity contribution is -0.141. The molecule has 6 nitrogen and oxygen atoms in total. The minimum Gasteiger partial charge on any atom is -0.381 e. The SMILES string of the molecule is COCC(=O)N1CC2(C1)[C@@H](COCC1CC1)CCS2(=O)=O. The van der Waals surface area contributed by atoms with Crippen LogP contribution in [0.15, 0.2) is 0 Å². The Morgan fingerprint density at radius 3 is 2.57 bits per heavy atom. The third kappa shape index (κ3) is 2.71. The van der Waals surface area contributed by atoms with Crippen LogP contribution in [0.25, 0.3) is 0 Å². The van der Waals surface area contributed by atoms with Gasteiger partial charge in [-0.05, 0) is 25.2 Å². The highest BCUT2D eigenvalue weighted by atomic mass is 32.2. The number of hydrogen-bond donors (Lipinski definition) is 0. The van der Waals surface area contributed by atoms with Gasteiger partial charge in [-0.1, -0.05) is 0 Å². The Morgan fingerprint density at radius 1 is 1.24 bits per heavy atom. The van der Waals surface area contributed by atoms with Gasteiger partial charge in [0.05, 0.1) is 12.4 Å². The minimum atomic E-state index is -3.13. The van der Waals surface area contributed by atoms with Gasteiger partial charge in [-0.3, -0.25) is 4.79 Å². The molecule has 0 N–H and O–H groups in total. The minimum absolute atomic E-state index is 0.0129. The first-order valence-electron chi connectivity index (χ1n) is 7.55. The van der Waals surface area contributed by atoms with Gasteiger partial charge in [0.2, 0.25) is 5.91 Å². The van der Waals surface area contributed by atoms with Gasteiger partial charge in [-0.25, -0.2) is 8.42 Å². The lowest BCUT2D eigenvalue weighted by atomic mass is 9.83. The summed E-state index contributed by atoms with van der Waals surface area (Å²) in [5.41, 5.74) is 0. The summed E-state index contributed by atoms with van der Waals surface area (Å²) in [6.45, 7) is 1.87. The smallest absolute Gasteiger partial charge is 0.248 e. The van der Waals surface area contributed by atoms with Crippen LogP contribution >= 0.6 is 0 Å². The molecule has 3 rings (SSSR count).